The lowest BCUT2D eigenvalue weighted by molar-refractivity contribution is -0.122. The van der Waals surface area contributed by atoms with Crippen LogP contribution in [0.25, 0.3) is 0 Å². The van der Waals surface area contributed by atoms with Gasteiger partial charge in [0.05, 0.1) is 5.60 Å². The second kappa shape index (κ2) is 7.67. The van der Waals surface area contributed by atoms with Crippen molar-refractivity contribution >= 4 is 5.91 Å². The van der Waals surface area contributed by atoms with Gasteiger partial charge in [-0.3, -0.25) is 4.79 Å². The second-order valence-corrected chi connectivity index (χ2v) is 5.73. The Labute approximate surface area is 105 Å². The molecule has 0 bridgehead atoms. The normalized spacial score (nSPS) is 15.1. The van der Waals surface area contributed by atoms with Crippen LogP contribution in [0.2, 0.25) is 0 Å². The maximum atomic E-state index is 11.5. The zero-order valence-corrected chi connectivity index (χ0v) is 11.8. The molecule has 0 saturated heterocycles. The third kappa shape index (κ3) is 10.3. The minimum absolute atomic E-state index is 0.0119. The number of hydrogen-bond acceptors (Lipinski definition) is 3. The largest absolute Gasteiger partial charge is 0.388 e. The fourth-order valence-corrected chi connectivity index (χ4v) is 1.80. The van der Waals surface area contributed by atoms with E-state index in [4.69, 9.17) is 0 Å². The van der Waals surface area contributed by atoms with Crippen LogP contribution in [0.1, 0.15) is 47.5 Å². The summed E-state index contributed by atoms with van der Waals surface area (Å²) in [5, 5.41) is 16.0. The van der Waals surface area contributed by atoms with Crippen LogP contribution >= 0.6 is 0 Å². The van der Waals surface area contributed by atoms with E-state index in [1.807, 2.05) is 13.8 Å². The Kier molecular flexibility index (Phi) is 7.39. The number of carbonyl (C=O) groups excluding carboxylic acids is 1. The third-order valence-corrected chi connectivity index (χ3v) is 2.42. The summed E-state index contributed by atoms with van der Waals surface area (Å²) >= 11 is 0. The van der Waals surface area contributed by atoms with Crippen LogP contribution in [-0.2, 0) is 4.79 Å². The Bertz CT molecular complexity index is 225. The minimum atomic E-state index is -0.810. The number of nitrogens with one attached hydrogen (secondary N) is 2. The van der Waals surface area contributed by atoms with Gasteiger partial charge >= 0.3 is 0 Å². The van der Waals surface area contributed by atoms with Gasteiger partial charge in [0, 0.05) is 25.6 Å². The summed E-state index contributed by atoms with van der Waals surface area (Å²) in [6.07, 6.45) is 1.15. The highest BCUT2D eigenvalue weighted by Gasteiger charge is 2.22. The van der Waals surface area contributed by atoms with Crippen LogP contribution in [0.4, 0.5) is 0 Å². The molecule has 0 aromatic rings. The molecule has 3 N–H and O–H groups in total. The SMILES string of the molecule is CC(C)CC(C)(O)CNC(=O)CCNC(C)C. The summed E-state index contributed by atoms with van der Waals surface area (Å²) in [6, 6.07) is 0.395. The van der Waals surface area contributed by atoms with E-state index in [9.17, 15) is 9.90 Å². The van der Waals surface area contributed by atoms with Gasteiger partial charge in [-0.2, -0.15) is 0 Å². The van der Waals surface area contributed by atoms with Crippen molar-refractivity contribution in [1.29, 1.82) is 0 Å². The van der Waals surface area contributed by atoms with Gasteiger partial charge in [-0.25, -0.2) is 0 Å². The zero-order valence-electron chi connectivity index (χ0n) is 11.8. The molecule has 0 spiro atoms. The van der Waals surface area contributed by atoms with E-state index in [1.165, 1.54) is 0 Å². The highest BCUT2D eigenvalue weighted by molar-refractivity contribution is 5.76. The molecule has 17 heavy (non-hydrogen) atoms. The van der Waals surface area contributed by atoms with E-state index in [2.05, 4.69) is 24.5 Å². The molecule has 1 atom stereocenters. The van der Waals surface area contributed by atoms with Crippen molar-refractivity contribution in [2.24, 2.45) is 5.92 Å². The van der Waals surface area contributed by atoms with E-state index >= 15 is 0 Å². The summed E-state index contributed by atoms with van der Waals surface area (Å²) in [5.41, 5.74) is -0.810. The number of hydrogen-bond donors (Lipinski definition) is 3. The first-order chi connectivity index (χ1) is 7.73. The van der Waals surface area contributed by atoms with Crippen molar-refractivity contribution in [3.05, 3.63) is 0 Å². The molecule has 0 aromatic heterocycles. The average molecular weight is 244 g/mol. The topological polar surface area (TPSA) is 61.4 Å². The summed E-state index contributed by atoms with van der Waals surface area (Å²) in [4.78, 5) is 11.5. The van der Waals surface area contributed by atoms with E-state index in [0.717, 1.165) is 0 Å². The van der Waals surface area contributed by atoms with Crippen molar-refractivity contribution in [3.8, 4) is 0 Å². The van der Waals surface area contributed by atoms with E-state index in [-0.39, 0.29) is 5.91 Å². The van der Waals surface area contributed by atoms with Gasteiger partial charge in [-0.15, -0.1) is 0 Å². The molecule has 0 heterocycles. The van der Waals surface area contributed by atoms with Gasteiger partial charge in [-0.05, 0) is 19.3 Å². The molecule has 0 aliphatic rings. The molecule has 0 radical (unpaired) electrons. The van der Waals surface area contributed by atoms with Crippen molar-refractivity contribution in [3.63, 3.8) is 0 Å². The maximum Gasteiger partial charge on any atom is 0.221 e. The average Bonchev–Trinajstić information content (AvgIpc) is 2.12. The summed E-state index contributed by atoms with van der Waals surface area (Å²) in [6.45, 7) is 11.0. The zero-order chi connectivity index (χ0) is 13.5. The van der Waals surface area contributed by atoms with E-state index in [1.54, 1.807) is 6.92 Å². The molecule has 0 aliphatic heterocycles. The smallest absolute Gasteiger partial charge is 0.221 e. The lowest BCUT2D eigenvalue weighted by atomic mass is 9.94. The standard InChI is InChI=1S/C13H28N2O2/c1-10(2)8-13(5,17)9-15-12(16)6-7-14-11(3)4/h10-11,14,17H,6-9H2,1-5H3,(H,15,16). The van der Waals surface area contributed by atoms with Gasteiger partial charge in [-0.1, -0.05) is 27.7 Å². The molecule has 0 aromatic carbocycles. The lowest BCUT2D eigenvalue weighted by Gasteiger charge is -2.25. The third-order valence-electron chi connectivity index (χ3n) is 2.42. The number of rotatable bonds is 8. The molecule has 0 fully saturated rings. The van der Waals surface area contributed by atoms with Crippen LogP contribution in [0.3, 0.4) is 0 Å². The van der Waals surface area contributed by atoms with Gasteiger partial charge in [0.15, 0.2) is 0 Å². The predicted molar refractivity (Wildman–Crippen MR) is 70.8 cm³/mol. The van der Waals surface area contributed by atoms with Crippen LogP contribution in [-0.4, -0.2) is 35.7 Å². The van der Waals surface area contributed by atoms with Crippen molar-refractivity contribution < 1.29 is 9.90 Å². The Morgan fingerprint density at radius 2 is 1.88 bits per heavy atom. The Hall–Kier alpha value is -0.610. The molecule has 0 saturated carbocycles. The summed E-state index contributed by atoms with van der Waals surface area (Å²) in [5.74, 6) is 0.409. The van der Waals surface area contributed by atoms with Crippen molar-refractivity contribution in [2.45, 2.75) is 59.1 Å². The first-order valence-corrected chi connectivity index (χ1v) is 6.45. The van der Waals surface area contributed by atoms with Crippen LogP contribution in [0.5, 0.6) is 0 Å². The predicted octanol–water partition coefficient (Wildman–Crippen LogP) is 1.29. The fraction of sp³-hybridized carbons (Fsp3) is 0.923. The van der Waals surface area contributed by atoms with E-state index < -0.39 is 5.60 Å². The van der Waals surface area contributed by atoms with Gasteiger partial charge in [0.1, 0.15) is 0 Å². The van der Waals surface area contributed by atoms with Crippen LogP contribution < -0.4 is 10.6 Å². The molecule has 4 nitrogen and oxygen atoms in total. The van der Waals surface area contributed by atoms with Crippen LogP contribution in [0, 0.1) is 5.92 Å². The van der Waals surface area contributed by atoms with Crippen molar-refractivity contribution in [1.82, 2.24) is 10.6 Å². The van der Waals surface area contributed by atoms with Gasteiger partial charge in [0.25, 0.3) is 0 Å². The number of amides is 1. The molecule has 1 amide bonds. The molecular weight excluding hydrogens is 216 g/mol. The second-order valence-electron chi connectivity index (χ2n) is 5.73. The molecule has 0 aliphatic carbocycles. The fourth-order valence-electron chi connectivity index (χ4n) is 1.80. The van der Waals surface area contributed by atoms with E-state index in [0.29, 0.717) is 37.9 Å². The lowest BCUT2D eigenvalue weighted by Crippen LogP contribution is -2.42. The first-order valence-electron chi connectivity index (χ1n) is 6.45. The van der Waals surface area contributed by atoms with Crippen molar-refractivity contribution in [2.75, 3.05) is 13.1 Å². The summed E-state index contributed by atoms with van der Waals surface area (Å²) < 4.78 is 0. The molecule has 1 unspecified atom stereocenters. The monoisotopic (exact) mass is 244 g/mol. The molecule has 102 valence electrons. The molecule has 0 rings (SSSR count). The minimum Gasteiger partial charge on any atom is -0.388 e. The maximum absolute atomic E-state index is 11.5. The highest BCUT2D eigenvalue weighted by Crippen LogP contribution is 2.14. The number of aliphatic hydroxyl groups is 1. The quantitative estimate of drug-likeness (QED) is 0.603. The Balaban J connectivity index is 3.75. The Morgan fingerprint density at radius 1 is 1.29 bits per heavy atom. The first kappa shape index (κ1) is 16.4. The molecular formula is C13H28N2O2. The highest BCUT2D eigenvalue weighted by atomic mass is 16.3. The number of carbonyl (C=O) groups is 1. The summed E-state index contributed by atoms with van der Waals surface area (Å²) in [7, 11) is 0. The molecule has 4 heteroatoms. The van der Waals surface area contributed by atoms with Crippen LogP contribution in [0.15, 0.2) is 0 Å². The van der Waals surface area contributed by atoms with Gasteiger partial charge in [0.2, 0.25) is 5.91 Å². The van der Waals surface area contributed by atoms with Gasteiger partial charge < -0.3 is 15.7 Å². The Morgan fingerprint density at radius 3 is 2.35 bits per heavy atom.